The van der Waals surface area contributed by atoms with Crippen molar-refractivity contribution in [3.63, 3.8) is 0 Å². The highest BCUT2D eigenvalue weighted by Crippen LogP contribution is 2.28. The summed E-state index contributed by atoms with van der Waals surface area (Å²) in [5.74, 6) is -1.12. The predicted octanol–water partition coefficient (Wildman–Crippen LogP) is 2.72. The number of rotatable bonds is 2. The molecule has 0 radical (unpaired) electrons. The molecule has 0 saturated carbocycles. The van der Waals surface area contributed by atoms with Gasteiger partial charge in [-0.25, -0.2) is 4.79 Å². The van der Waals surface area contributed by atoms with Gasteiger partial charge in [-0.3, -0.25) is 4.79 Å². The molecule has 0 unspecified atom stereocenters. The summed E-state index contributed by atoms with van der Waals surface area (Å²) >= 11 is 6.29. The number of benzene rings is 1. The second-order valence-electron chi connectivity index (χ2n) is 2.25. The second kappa shape index (κ2) is 4.02. The van der Waals surface area contributed by atoms with Crippen LogP contribution in [0.2, 0.25) is 0 Å². The summed E-state index contributed by atoms with van der Waals surface area (Å²) in [7, 11) is 0. The molecule has 0 saturated heterocycles. The lowest BCUT2D eigenvalue weighted by molar-refractivity contribution is 0.0694. The Balaban J connectivity index is 3.47. The maximum Gasteiger partial charge on any atom is 0.336 e. The van der Waals surface area contributed by atoms with E-state index in [2.05, 4.69) is 31.9 Å². The van der Waals surface area contributed by atoms with Crippen LogP contribution in [0.3, 0.4) is 0 Å². The zero-order valence-electron chi connectivity index (χ0n) is 6.25. The summed E-state index contributed by atoms with van der Waals surface area (Å²) in [4.78, 5) is 21.2. The molecule has 0 aliphatic heterocycles. The molecule has 0 spiro atoms. The molecule has 0 amide bonds. The molecular weight excluding hydrogens is 304 g/mol. The van der Waals surface area contributed by atoms with Crippen LogP contribution in [-0.4, -0.2) is 17.4 Å². The number of hydrogen-bond acceptors (Lipinski definition) is 2. The van der Waals surface area contributed by atoms with Crippen LogP contribution in [-0.2, 0) is 0 Å². The fourth-order valence-corrected chi connectivity index (χ4v) is 1.65. The van der Waals surface area contributed by atoms with Gasteiger partial charge in [-0.2, -0.15) is 0 Å². The zero-order chi connectivity index (χ0) is 10.0. The largest absolute Gasteiger partial charge is 0.478 e. The minimum atomic E-state index is -1.12. The van der Waals surface area contributed by atoms with E-state index in [1.807, 2.05) is 0 Å². The van der Waals surface area contributed by atoms with Crippen molar-refractivity contribution in [2.45, 2.75) is 0 Å². The van der Waals surface area contributed by atoms with Crippen molar-refractivity contribution in [1.29, 1.82) is 0 Å². The Morgan fingerprint density at radius 2 is 2.00 bits per heavy atom. The van der Waals surface area contributed by atoms with Crippen molar-refractivity contribution in [1.82, 2.24) is 0 Å². The van der Waals surface area contributed by atoms with E-state index in [0.717, 1.165) is 0 Å². The van der Waals surface area contributed by atoms with Gasteiger partial charge in [0.1, 0.15) is 0 Å². The Bertz CT molecular complexity index is 374. The Hall–Kier alpha value is -0.680. The van der Waals surface area contributed by atoms with Crippen LogP contribution in [0.15, 0.2) is 21.1 Å². The predicted molar refractivity (Wildman–Crippen MR) is 54.2 cm³/mol. The SMILES string of the molecule is O=Cc1c(C(=O)O)ccc(Br)c1Br. The van der Waals surface area contributed by atoms with Crippen molar-refractivity contribution in [3.05, 3.63) is 32.2 Å². The van der Waals surface area contributed by atoms with Gasteiger partial charge in [0, 0.05) is 14.5 Å². The third-order valence-electron chi connectivity index (χ3n) is 1.48. The van der Waals surface area contributed by atoms with Crippen LogP contribution in [0.5, 0.6) is 0 Å². The summed E-state index contributed by atoms with van der Waals surface area (Å²) in [6.45, 7) is 0. The quantitative estimate of drug-likeness (QED) is 0.855. The van der Waals surface area contributed by atoms with Crippen molar-refractivity contribution in [3.8, 4) is 0 Å². The van der Waals surface area contributed by atoms with E-state index < -0.39 is 5.97 Å². The standard InChI is InChI=1S/C8H4Br2O3/c9-6-2-1-4(8(12)13)5(3-11)7(6)10/h1-3H,(H,12,13). The van der Waals surface area contributed by atoms with Gasteiger partial charge >= 0.3 is 5.97 Å². The number of hydrogen-bond donors (Lipinski definition) is 1. The van der Waals surface area contributed by atoms with E-state index in [1.165, 1.54) is 6.07 Å². The topological polar surface area (TPSA) is 54.4 Å². The number of aldehydes is 1. The van der Waals surface area contributed by atoms with E-state index in [9.17, 15) is 9.59 Å². The van der Waals surface area contributed by atoms with Gasteiger partial charge in [0.2, 0.25) is 0 Å². The Morgan fingerprint density at radius 1 is 1.38 bits per heavy atom. The molecule has 0 aromatic heterocycles. The van der Waals surface area contributed by atoms with Crippen LogP contribution < -0.4 is 0 Å². The first-order valence-corrected chi connectivity index (χ1v) is 4.83. The molecule has 1 N–H and O–H groups in total. The van der Waals surface area contributed by atoms with Gasteiger partial charge in [0.15, 0.2) is 6.29 Å². The van der Waals surface area contributed by atoms with Crippen LogP contribution in [0.1, 0.15) is 20.7 Å². The minimum Gasteiger partial charge on any atom is -0.478 e. The van der Waals surface area contributed by atoms with Crippen molar-refractivity contribution < 1.29 is 14.7 Å². The fourth-order valence-electron chi connectivity index (χ4n) is 0.868. The Morgan fingerprint density at radius 3 is 2.46 bits per heavy atom. The highest BCUT2D eigenvalue weighted by molar-refractivity contribution is 9.13. The molecule has 0 aliphatic carbocycles. The molecule has 1 aromatic carbocycles. The first kappa shape index (κ1) is 10.4. The van der Waals surface area contributed by atoms with Gasteiger partial charge in [-0.1, -0.05) is 0 Å². The number of carboxylic acid groups (broad SMARTS) is 1. The highest BCUT2D eigenvalue weighted by atomic mass is 79.9. The monoisotopic (exact) mass is 306 g/mol. The van der Waals surface area contributed by atoms with Gasteiger partial charge < -0.3 is 5.11 Å². The number of carboxylic acids is 1. The molecule has 1 rings (SSSR count). The number of aromatic carboxylic acids is 1. The zero-order valence-corrected chi connectivity index (χ0v) is 9.42. The van der Waals surface area contributed by atoms with E-state index >= 15 is 0 Å². The average molecular weight is 308 g/mol. The lowest BCUT2D eigenvalue weighted by Gasteiger charge is -2.03. The molecule has 0 aliphatic rings. The Kier molecular flexibility index (Phi) is 3.22. The van der Waals surface area contributed by atoms with Crippen LogP contribution in [0, 0.1) is 0 Å². The van der Waals surface area contributed by atoms with Gasteiger partial charge in [0.05, 0.1) is 5.56 Å². The van der Waals surface area contributed by atoms with E-state index in [-0.39, 0.29) is 11.1 Å². The van der Waals surface area contributed by atoms with Gasteiger partial charge in [-0.15, -0.1) is 0 Å². The summed E-state index contributed by atoms with van der Waals surface area (Å²) < 4.78 is 1.11. The lowest BCUT2D eigenvalue weighted by Crippen LogP contribution is -2.02. The maximum absolute atomic E-state index is 10.6. The third kappa shape index (κ3) is 1.97. The minimum absolute atomic E-state index is 0.00919. The molecule has 0 bridgehead atoms. The molecule has 3 nitrogen and oxygen atoms in total. The maximum atomic E-state index is 10.6. The first-order chi connectivity index (χ1) is 6.07. The lowest BCUT2D eigenvalue weighted by atomic mass is 10.1. The molecule has 0 heterocycles. The molecular formula is C8H4Br2O3. The average Bonchev–Trinajstić information content (AvgIpc) is 2.09. The number of carbonyl (C=O) groups is 2. The summed E-state index contributed by atoms with van der Waals surface area (Å²) in [6.07, 6.45) is 0.512. The summed E-state index contributed by atoms with van der Waals surface area (Å²) in [5, 5.41) is 8.72. The van der Waals surface area contributed by atoms with E-state index in [1.54, 1.807) is 6.07 Å². The number of carbonyl (C=O) groups excluding carboxylic acids is 1. The molecule has 13 heavy (non-hydrogen) atoms. The molecule has 5 heteroatoms. The molecule has 0 atom stereocenters. The third-order valence-corrected chi connectivity index (χ3v) is 3.53. The highest BCUT2D eigenvalue weighted by Gasteiger charge is 2.14. The van der Waals surface area contributed by atoms with E-state index in [0.29, 0.717) is 15.2 Å². The van der Waals surface area contributed by atoms with Gasteiger partial charge in [0.25, 0.3) is 0 Å². The molecule has 1 aromatic rings. The fraction of sp³-hybridized carbons (Fsp3) is 0. The van der Waals surface area contributed by atoms with Gasteiger partial charge in [-0.05, 0) is 44.0 Å². The molecule has 68 valence electrons. The van der Waals surface area contributed by atoms with Crippen molar-refractivity contribution >= 4 is 44.1 Å². The summed E-state index contributed by atoms with van der Waals surface area (Å²) in [6, 6.07) is 2.95. The number of halogens is 2. The normalized spacial score (nSPS) is 9.69. The Labute approximate surface area is 91.0 Å². The van der Waals surface area contributed by atoms with Crippen LogP contribution in [0.25, 0.3) is 0 Å². The smallest absolute Gasteiger partial charge is 0.336 e. The first-order valence-electron chi connectivity index (χ1n) is 3.24. The van der Waals surface area contributed by atoms with Crippen LogP contribution >= 0.6 is 31.9 Å². The molecule has 0 fully saturated rings. The van der Waals surface area contributed by atoms with E-state index in [4.69, 9.17) is 5.11 Å². The van der Waals surface area contributed by atoms with Crippen LogP contribution in [0.4, 0.5) is 0 Å². The second-order valence-corrected chi connectivity index (χ2v) is 3.89. The van der Waals surface area contributed by atoms with Crippen molar-refractivity contribution in [2.75, 3.05) is 0 Å². The summed E-state index contributed by atoms with van der Waals surface area (Å²) in [5.41, 5.74) is 0.131. The van der Waals surface area contributed by atoms with Crippen molar-refractivity contribution in [2.24, 2.45) is 0 Å².